The summed E-state index contributed by atoms with van der Waals surface area (Å²) in [6, 6.07) is 15.0. The van der Waals surface area contributed by atoms with Crippen molar-refractivity contribution in [3.05, 3.63) is 82.6 Å². The fourth-order valence-electron chi connectivity index (χ4n) is 4.56. The molecule has 2 amide bonds. The van der Waals surface area contributed by atoms with Gasteiger partial charge in [0.1, 0.15) is 11.8 Å². The molecule has 1 heterocycles. The molecule has 2 aromatic carbocycles. The molecule has 0 saturated heterocycles. The molecule has 35 heavy (non-hydrogen) atoms. The van der Waals surface area contributed by atoms with E-state index in [2.05, 4.69) is 4.99 Å². The van der Waals surface area contributed by atoms with Crippen LogP contribution in [0.1, 0.15) is 64.8 Å². The first-order chi connectivity index (χ1) is 16.8. The maximum Gasteiger partial charge on any atom is 0.328 e. The van der Waals surface area contributed by atoms with Crippen molar-refractivity contribution in [2.24, 2.45) is 4.99 Å². The van der Waals surface area contributed by atoms with Crippen LogP contribution in [0.15, 0.2) is 70.9 Å². The average Bonchev–Trinajstić information content (AvgIpc) is 3.09. The highest BCUT2D eigenvalue weighted by atomic mass is 16.4. The number of hydrogen-bond acceptors (Lipinski definition) is 6. The number of fused-ring (bicyclic) bond motifs is 1. The number of amides is 2. The van der Waals surface area contributed by atoms with Gasteiger partial charge < -0.3 is 10.2 Å². The number of carbonyl (C=O) groups excluding carboxylic acids is 3. The van der Waals surface area contributed by atoms with E-state index in [4.69, 9.17) is 0 Å². The molecule has 8 heteroatoms. The van der Waals surface area contributed by atoms with Crippen LogP contribution in [0.3, 0.4) is 0 Å². The number of benzene rings is 2. The van der Waals surface area contributed by atoms with Crippen molar-refractivity contribution < 1.29 is 29.4 Å². The number of rotatable bonds is 7. The fourth-order valence-corrected chi connectivity index (χ4v) is 4.56. The molecule has 0 bridgehead atoms. The number of aliphatic hydroxyl groups excluding tert-OH is 1. The van der Waals surface area contributed by atoms with Gasteiger partial charge in [-0.2, -0.15) is 0 Å². The van der Waals surface area contributed by atoms with Gasteiger partial charge in [-0.1, -0.05) is 42.5 Å². The summed E-state index contributed by atoms with van der Waals surface area (Å²) in [5.74, 6) is -2.56. The van der Waals surface area contributed by atoms with E-state index >= 15 is 0 Å². The largest absolute Gasteiger partial charge is 0.511 e. The SMILES string of the molecule is C[C@@H](N=C1C[C@@H](c2ccccc2)CC(=O)C1=C(O)CCCN1C(=O)c2ccccc2C1=O)C(=O)O. The molecule has 1 fully saturated rings. The molecule has 1 aliphatic carbocycles. The van der Waals surface area contributed by atoms with E-state index in [0.29, 0.717) is 17.5 Å². The molecule has 1 saturated carbocycles. The van der Waals surface area contributed by atoms with Crippen LogP contribution in [-0.4, -0.2) is 57.0 Å². The number of Topliss-reactive ketones (excluding diaryl/α,β-unsaturated/α-hetero) is 1. The van der Waals surface area contributed by atoms with E-state index < -0.39 is 12.0 Å². The zero-order chi connectivity index (χ0) is 25.1. The van der Waals surface area contributed by atoms with E-state index in [1.165, 1.54) is 6.92 Å². The molecule has 0 spiro atoms. The summed E-state index contributed by atoms with van der Waals surface area (Å²) in [6.07, 6.45) is 0.788. The summed E-state index contributed by atoms with van der Waals surface area (Å²) in [5.41, 5.74) is 1.97. The lowest BCUT2D eigenvalue weighted by atomic mass is 9.78. The molecule has 2 aromatic rings. The molecule has 2 aliphatic rings. The highest BCUT2D eigenvalue weighted by molar-refractivity contribution is 6.25. The molecule has 0 radical (unpaired) electrons. The number of aliphatic carboxylic acids is 1. The van der Waals surface area contributed by atoms with Crippen molar-refractivity contribution in [3.63, 3.8) is 0 Å². The van der Waals surface area contributed by atoms with Crippen LogP contribution in [0.4, 0.5) is 0 Å². The van der Waals surface area contributed by atoms with Gasteiger partial charge in [0, 0.05) is 19.4 Å². The Hall–Kier alpha value is -4.07. The third-order valence-corrected chi connectivity index (χ3v) is 6.38. The number of carboxylic acids is 1. The van der Waals surface area contributed by atoms with Crippen molar-refractivity contribution in [2.75, 3.05) is 6.54 Å². The van der Waals surface area contributed by atoms with Gasteiger partial charge in [0.05, 0.1) is 22.4 Å². The molecule has 0 aromatic heterocycles. The molecule has 2 N–H and O–H groups in total. The molecule has 180 valence electrons. The molecule has 8 nitrogen and oxygen atoms in total. The number of nitrogens with zero attached hydrogens (tertiary/aromatic N) is 2. The van der Waals surface area contributed by atoms with Crippen molar-refractivity contribution in [2.45, 2.75) is 44.6 Å². The van der Waals surface area contributed by atoms with Crippen LogP contribution in [0.5, 0.6) is 0 Å². The van der Waals surface area contributed by atoms with Gasteiger partial charge in [0.25, 0.3) is 11.8 Å². The Morgan fingerprint density at radius 2 is 1.57 bits per heavy atom. The van der Waals surface area contributed by atoms with Crippen LogP contribution < -0.4 is 0 Å². The number of allylic oxidation sites excluding steroid dienone is 2. The number of carboxylic acid groups (broad SMARTS) is 1. The second-order valence-electron chi connectivity index (χ2n) is 8.76. The lowest BCUT2D eigenvalue weighted by Gasteiger charge is -2.26. The molecule has 0 unspecified atom stereocenters. The molecular weight excluding hydrogens is 448 g/mol. The highest BCUT2D eigenvalue weighted by Crippen LogP contribution is 2.34. The first kappa shape index (κ1) is 24.1. The first-order valence-corrected chi connectivity index (χ1v) is 11.5. The van der Waals surface area contributed by atoms with Crippen LogP contribution in [0.25, 0.3) is 0 Å². The zero-order valence-corrected chi connectivity index (χ0v) is 19.3. The number of aliphatic hydroxyl groups is 1. The standard InChI is InChI=1S/C27H26N2O6/c1-16(27(34)35)28-21-14-18(17-8-3-2-4-9-17)15-23(31)24(21)22(30)12-7-13-29-25(32)19-10-5-6-11-20(19)26(29)33/h2-6,8-11,16,18,30H,7,12-15H2,1H3,(H,34,35)/t16-,18-/m1/s1. The molecule has 4 rings (SSSR count). The Balaban J connectivity index is 1.52. The van der Waals surface area contributed by atoms with E-state index in [9.17, 15) is 29.4 Å². The van der Waals surface area contributed by atoms with Gasteiger partial charge in [0.2, 0.25) is 0 Å². The smallest absolute Gasteiger partial charge is 0.328 e. The van der Waals surface area contributed by atoms with Crippen molar-refractivity contribution in [1.82, 2.24) is 4.90 Å². The number of carbonyl (C=O) groups is 4. The van der Waals surface area contributed by atoms with Crippen molar-refractivity contribution in [1.29, 1.82) is 0 Å². The number of hydrogen-bond donors (Lipinski definition) is 2. The van der Waals surface area contributed by atoms with Crippen LogP contribution in [0, 0.1) is 0 Å². The Kier molecular flexibility index (Phi) is 6.91. The zero-order valence-electron chi connectivity index (χ0n) is 19.3. The number of imide groups is 1. The molecule has 1 aliphatic heterocycles. The minimum Gasteiger partial charge on any atom is -0.511 e. The van der Waals surface area contributed by atoms with E-state index in [-0.39, 0.29) is 66.4 Å². The maximum absolute atomic E-state index is 13.1. The topological polar surface area (TPSA) is 124 Å². The molecule has 2 atom stereocenters. The summed E-state index contributed by atoms with van der Waals surface area (Å²) < 4.78 is 0. The van der Waals surface area contributed by atoms with Gasteiger partial charge in [-0.3, -0.25) is 24.3 Å². The summed E-state index contributed by atoms with van der Waals surface area (Å²) in [6.45, 7) is 1.51. The van der Waals surface area contributed by atoms with Crippen molar-refractivity contribution in [3.8, 4) is 0 Å². The summed E-state index contributed by atoms with van der Waals surface area (Å²) in [7, 11) is 0. The maximum atomic E-state index is 13.1. The van der Waals surface area contributed by atoms with E-state index in [0.717, 1.165) is 10.5 Å². The Bertz CT molecular complexity index is 1210. The Labute approximate surface area is 202 Å². The van der Waals surface area contributed by atoms with Crippen molar-refractivity contribution >= 4 is 29.3 Å². The van der Waals surface area contributed by atoms with E-state index in [1.54, 1.807) is 24.3 Å². The van der Waals surface area contributed by atoms with Crippen LogP contribution in [0.2, 0.25) is 0 Å². The van der Waals surface area contributed by atoms with Gasteiger partial charge in [-0.15, -0.1) is 0 Å². The highest BCUT2D eigenvalue weighted by Gasteiger charge is 2.35. The minimum atomic E-state index is -1.13. The summed E-state index contributed by atoms with van der Waals surface area (Å²) in [5, 5.41) is 20.2. The minimum absolute atomic E-state index is 0.0466. The third-order valence-electron chi connectivity index (χ3n) is 6.38. The Morgan fingerprint density at radius 1 is 0.971 bits per heavy atom. The second-order valence-corrected chi connectivity index (χ2v) is 8.76. The van der Waals surface area contributed by atoms with Crippen LogP contribution >= 0.6 is 0 Å². The van der Waals surface area contributed by atoms with Gasteiger partial charge >= 0.3 is 5.97 Å². The normalized spacial score (nSPS) is 21.3. The molecular formula is C27H26N2O6. The monoisotopic (exact) mass is 474 g/mol. The fraction of sp³-hybridized carbons (Fsp3) is 0.296. The number of ketones is 1. The average molecular weight is 475 g/mol. The quantitative estimate of drug-likeness (QED) is 0.356. The third kappa shape index (κ3) is 4.91. The van der Waals surface area contributed by atoms with Gasteiger partial charge in [-0.05, 0) is 43.4 Å². The first-order valence-electron chi connectivity index (χ1n) is 11.5. The van der Waals surface area contributed by atoms with E-state index in [1.807, 2.05) is 30.3 Å². The summed E-state index contributed by atoms with van der Waals surface area (Å²) >= 11 is 0. The van der Waals surface area contributed by atoms with Gasteiger partial charge in [-0.25, -0.2) is 4.79 Å². The van der Waals surface area contributed by atoms with Crippen LogP contribution in [-0.2, 0) is 9.59 Å². The lowest BCUT2D eigenvalue weighted by Crippen LogP contribution is -2.31. The second kappa shape index (κ2) is 10.0. The number of aliphatic imine (C=N–C) groups is 1. The van der Waals surface area contributed by atoms with Gasteiger partial charge in [0.15, 0.2) is 5.78 Å². The lowest BCUT2D eigenvalue weighted by molar-refractivity contribution is -0.138. The predicted octanol–water partition coefficient (Wildman–Crippen LogP) is 3.94. The Morgan fingerprint density at radius 3 is 2.17 bits per heavy atom. The summed E-state index contributed by atoms with van der Waals surface area (Å²) in [4.78, 5) is 55.0. The predicted molar refractivity (Wildman–Crippen MR) is 129 cm³/mol.